The molecule has 1 N–H and O–H groups in total. The molecule has 0 saturated heterocycles. The normalized spacial score (nSPS) is 34.7. The fourth-order valence-corrected chi connectivity index (χ4v) is 8.45. The van der Waals surface area contributed by atoms with Crippen molar-refractivity contribution in [3.05, 3.63) is 23.8 Å². The molecule has 5 aliphatic carbocycles. The summed E-state index contributed by atoms with van der Waals surface area (Å²) in [6.45, 7) is 19.7. The molecule has 3 heteroatoms. The Bertz CT molecular complexity index is 755. The van der Waals surface area contributed by atoms with E-state index in [-0.39, 0.29) is 11.0 Å². The van der Waals surface area contributed by atoms with Crippen LogP contribution in [0.4, 0.5) is 0 Å². The van der Waals surface area contributed by atoms with Gasteiger partial charge >= 0.3 is 0 Å². The number of hydrogen-bond donors (Lipinski definition) is 1. The third-order valence-electron chi connectivity index (χ3n) is 10.0. The number of rotatable bonds is 9. The van der Waals surface area contributed by atoms with Gasteiger partial charge in [0.15, 0.2) is 6.29 Å². The smallest absolute Gasteiger partial charge is 0.180 e. The molecule has 3 unspecified atom stereocenters. The Hall–Kier alpha value is -0.640. The van der Waals surface area contributed by atoms with Crippen LogP contribution < -0.4 is 0 Å². The van der Waals surface area contributed by atoms with E-state index in [1.54, 1.807) is 0 Å². The summed E-state index contributed by atoms with van der Waals surface area (Å²) in [4.78, 5) is 0. The van der Waals surface area contributed by atoms with Gasteiger partial charge in [0.2, 0.25) is 0 Å². The third-order valence-corrected chi connectivity index (χ3v) is 10.0. The number of aliphatic hydroxyl groups is 1. The maximum absolute atomic E-state index is 10.7. The lowest BCUT2D eigenvalue weighted by Crippen LogP contribution is -2.57. The summed E-state index contributed by atoms with van der Waals surface area (Å²) in [6, 6.07) is 0. The molecular formula is C32H54O3. The van der Waals surface area contributed by atoms with Crippen molar-refractivity contribution in [2.24, 2.45) is 45.8 Å². The number of hydrogen-bond acceptors (Lipinski definition) is 3. The summed E-state index contributed by atoms with van der Waals surface area (Å²) >= 11 is 0. The third kappa shape index (κ3) is 6.27. The van der Waals surface area contributed by atoms with Crippen molar-refractivity contribution >= 4 is 0 Å². The van der Waals surface area contributed by atoms with Gasteiger partial charge in [0, 0.05) is 5.57 Å². The molecule has 200 valence electrons. The van der Waals surface area contributed by atoms with Crippen molar-refractivity contribution in [3.8, 4) is 0 Å². The predicted octanol–water partition coefficient (Wildman–Crippen LogP) is 7.93. The second-order valence-corrected chi connectivity index (χ2v) is 15.5. The minimum atomic E-state index is -0.867. The topological polar surface area (TPSA) is 38.7 Å². The van der Waals surface area contributed by atoms with Gasteiger partial charge in [-0.05, 0) is 111 Å². The van der Waals surface area contributed by atoms with Gasteiger partial charge in [-0.1, -0.05) is 59.8 Å². The molecule has 0 spiro atoms. The van der Waals surface area contributed by atoms with Gasteiger partial charge in [-0.3, -0.25) is 0 Å². The maximum Gasteiger partial charge on any atom is 0.180 e. The molecule has 4 fully saturated rings. The molecule has 3 nitrogen and oxygen atoms in total. The van der Waals surface area contributed by atoms with Crippen LogP contribution in [0.3, 0.4) is 0 Å². The van der Waals surface area contributed by atoms with Gasteiger partial charge in [-0.15, -0.1) is 0 Å². The van der Waals surface area contributed by atoms with Gasteiger partial charge in [-0.2, -0.15) is 0 Å². The van der Waals surface area contributed by atoms with Crippen LogP contribution in [-0.2, 0) is 9.47 Å². The molecule has 35 heavy (non-hydrogen) atoms. The Morgan fingerprint density at radius 1 is 0.914 bits per heavy atom. The first kappa shape index (κ1) is 27.4. The number of allylic oxidation sites excluding steroid dienone is 2. The lowest BCUT2D eigenvalue weighted by Gasteiger charge is -2.62. The van der Waals surface area contributed by atoms with E-state index in [9.17, 15) is 5.11 Å². The molecule has 0 aromatic rings. The first-order valence-corrected chi connectivity index (χ1v) is 14.5. The van der Waals surface area contributed by atoms with Gasteiger partial charge in [0.05, 0.1) is 18.8 Å². The minimum Gasteiger partial charge on any atom is -0.373 e. The van der Waals surface area contributed by atoms with Crippen LogP contribution in [0.2, 0.25) is 0 Å². The van der Waals surface area contributed by atoms with E-state index in [4.69, 9.17) is 9.47 Å². The molecule has 0 heterocycles. The summed E-state index contributed by atoms with van der Waals surface area (Å²) in [5, 5.41) is 10.7. The van der Waals surface area contributed by atoms with Crippen LogP contribution in [0.25, 0.3) is 0 Å². The molecule has 0 aliphatic heterocycles. The van der Waals surface area contributed by atoms with Crippen molar-refractivity contribution in [2.45, 2.75) is 119 Å². The fourth-order valence-electron chi connectivity index (χ4n) is 8.45. The maximum atomic E-state index is 10.7. The Morgan fingerprint density at radius 2 is 1.49 bits per heavy atom. The van der Waals surface area contributed by atoms with Crippen molar-refractivity contribution in [2.75, 3.05) is 13.2 Å². The van der Waals surface area contributed by atoms with Crippen molar-refractivity contribution < 1.29 is 14.6 Å². The highest BCUT2D eigenvalue weighted by Crippen LogP contribution is 2.64. The van der Waals surface area contributed by atoms with E-state index < -0.39 is 6.29 Å². The van der Waals surface area contributed by atoms with Gasteiger partial charge < -0.3 is 14.6 Å². The zero-order valence-corrected chi connectivity index (χ0v) is 24.0. The van der Waals surface area contributed by atoms with Crippen LogP contribution in [0.1, 0.15) is 107 Å². The average Bonchev–Trinajstić information content (AvgIpc) is 2.73. The lowest BCUT2D eigenvalue weighted by molar-refractivity contribution is -0.197. The molecule has 4 saturated carbocycles. The molecule has 0 aromatic carbocycles. The lowest BCUT2D eigenvalue weighted by atomic mass is 9.46. The van der Waals surface area contributed by atoms with Crippen molar-refractivity contribution in [1.29, 1.82) is 0 Å². The summed E-state index contributed by atoms with van der Waals surface area (Å²) in [7, 11) is 0. The van der Waals surface area contributed by atoms with E-state index in [1.165, 1.54) is 44.9 Å². The Balaban J connectivity index is 1.25. The zero-order valence-electron chi connectivity index (χ0n) is 24.0. The van der Waals surface area contributed by atoms with Crippen LogP contribution in [0.5, 0.6) is 0 Å². The monoisotopic (exact) mass is 486 g/mol. The molecule has 5 aliphatic rings. The number of ether oxygens (including phenoxy) is 2. The molecule has 0 radical (unpaired) electrons. The summed E-state index contributed by atoms with van der Waals surface area (Å²) in [5.74, 6) is 3.90. The van der Waals surface area contributed by atoms with Crippen LogP contribution in [0, 0.1) is 45.8 Å². The molecule has 4 bridgehead atoms. The van der Waals surface area contributed by atoms with E-state index in [0.29, 0.717) is 35.9 Å². The summed E-state index contributed by atoms with van der Waals surface area (Å²) < 4.78 is 12.4. The van der Waals surface area contributed by atoms with E-state index >= 15 is 0 Å². The largest absolute Gasteiger partial charge is 0.373 e. The number of aliphatic hydroxyl groups excluding tert-OH is 1. The summed E-state index contributed by atoms with van der Waals surface area (Å²) in [5.41, 5.74) is 1.68. The van der Waals surface area contributed by atoms with Gasteiger partial charge in [-0.25, -0.2) is 0 Å². The SMILES string of the molecule is CC(C)(C)CC(C1C=CC(C(O)OCCOC(C)(C)C23CC4CC(CC(C4)C2)C3)=CC1)C(C)(C)C. The molecule has 0 amide bonds. The first-order chi connectivity index (χ1) is 16.2. The van der Waals surface area contributed by atoms with Crippen LogP contribution in [-0.4, -0.2) is 30.2 Å². The second kappa shape index (κ2) is 9.91. The molecular weight excluding hydrogens is 432 g/mol. The quantitative estimate of drug-likeness (QED) is 0.265. The highest BCUT2D eigenvalue weighted by atomic mass is 16.6. The zero-order chi connectivity index (χ0) is 25.6. The minimum absolute atomic E-state index is 0.121. The Morgan fingerprint density at radius 3 is 1.94 bits per heavy atom. The summed E-state index contributed by atoms with van der Waals surface area (Å²) in [6.07, 6.45) is 16.3. The highest BCUT2D eigenvalue weighted by Gasteiger charge is 2.57. The van der Waals surface area contributed by atoms with Crippen LogP contribution >= 0.6 is 0 Å². The van der Waals surface area contributed by atoms with E-state index in [1.807, 2.05) is 0 Å². The standard InChI is InChI=1S/C32H54O3/c1-29(2,3)21-27(30(4,5)6)25-9-11-26(12-10-25)28(33)34-13-14-35-31(7,8)32-18-22-15-23(19-32)17-24(16-22)20-32/h9,11-12,22-25,27-28,33H,10,13-21H2,1-8H3. The van der Waals surface area contributed by atoms with Crippen molar-refractivity contribution in [3.63, 3.8) is 0 Å². The molecule has 5 rings (SSSR count). The predicted molar refractivity (Wildman–Crippen MR) is 145 cm³/mol. The Labute approximate surface area is 216 Å². The van der Waals surface area contributed by atoms with E-state index in [0.717, 1.165) is 29.7 Å². The first-order valence-electron chi connectivity index (χ1n) is 14.5. The van der Waals surface area contributed by atoms with Crippen molar-refractivity contribution in [1.82, 2.24) is 0 Å². The van der Waals surface area contributed by atoms with E-state index in [2.05, 4.69) is 73.6 Å². The second-order valence-electron chi connectivity index (χ2n) is 15.5. The molecule has 0 aromatic heterocycles. The fraction of sp³-hybridized carbons (Fsp3) is 0.875. The van der Waals surface area contributed by atoms with Crippen LogP contribution in [0.15, 0.2) is 23.8 Å². The van der Waals surface area contributed by atoms with Gasteiger partial charge in [0.1, 0.15) is 0 Å². The Kier molecular flexibility index (Phi) is 7.76. The highest BCUT2D eigenvalue weighted by molar-refractivity contribution is 5.26. The average molecular weight is 487 g/mol. The molecule has 3 atom stereocenters. The van der Waals surface area contributed by atoms with Gasteiger partial charge in [0.25, 0.3) is 0 Å².